The van der Waals surface area contributed by atoms with Gasteiger partial charge in [0.15, 0.2) is 5.96 Å². The molecule has 1 aromatic rings. The quantitative estimate of drug-likeness (QED) is 0.386. The molecule has 0 radical (unpaired) electrons. The van der Waals surface area contributed by atoms with Gasteiger partial charge in [-0.2, -0.15) is 0 Å². The van der Waals surface area contributed by atoms with Gasteiger partial charge in [-0.05, 0) is 70.6 Å². The molecular weight excluding hydrogens is 376 g/mol. The minimum Gasteiger partial charge on any atom is -0.357 e. The van der Waals surface area contributed by atoms with Crippen molar-refractivity contribution in [2.45, 2.75) is 39.2 Å². The molecule has 30 heavy (non-hydrogen) atoms. The van der Waals surface area contributed by atoms with Gasteiger partial charge in [0, 0.05) is 44.8 Å². The van der Waals surface area contributed by atoms with E-state index in [-0.39, 0.29) is 5.91 Å². The van der Waals surface area contributed by atoms with E-state index in [1.807, 2.05) is 17.0 Å². The van der Waals surface area contributed by atoms with Crippen molar-refractivity contribution in [2.75, 3.05) is 64.3 Å². The number of likely N-dealkylation sites (N-methyl/N-ethyl adjacent to an activating group) is 1. The van der Waals surface area contributed by atoms with Crippen molar-refractivity contribution in [1.29, 1.82) is 0 Å². The van der Waals surface area contributed by atoms with Crippen molar-refractivity contribution in [3.05, 3.63) is 29.8 Å². The summed E-state index contributed by atoms with van der Waals surface area (Å²) in [6.07, 6.45) is 4.00. The highest BCUT2D eigenvalue weighted by molar-refractivity contribution is 5.95. The number of benzene rings is 1. The molecule has 0 aromatic heterocycles. The second kappa shape index (κ2) is 11.9. The molecule has 1 aromatic carbocycles. The fraction of sp³-hybridized carbons (Fsp3) is 0.652. The van der Waals surface area contributed by atoms with Crippen molar-refractivity contribution in [2.24, 2.45) is 4.99 Å². The maximum absolute atomic E-state index is 11.9. The van der Waals surface area contributed by atoms with E-state index in [1.165, 1.54) is 32.6 Å². The van der Waals surface area contributed by atoms with E-state index in [0.717, 1.165) is 56.2 Å². The van der Waals surface area contributed by atoms with Crippen molar-refractivity contribution in [3.63, 3.8) is 0 Å². The number of nitrogens with zero attached hydrogens (tertiary/aromatic N) is 4. The Balaban J connectivity index is 1.43. The van der Waals surface area contributed by atoms with Gasteiger partial charge in [-0.15, -0.1) is 0 Å². The number of rotatable bonds is 8. The molecule has 0 spiro atoms. The molecule has 0 saturated carbocycles. The standard InChI is InChI=1S/C23H38N6O/c1-3-24-23(25-12-5-14-28-15-6-13-27(2)17-18-28)26-19-20-8-10-21(11-9-20)29-16-4-7-22(29)30/h8-11H,3-7,12-19H2,1-2H3,(H2,24,25,26). The highest BCUT2D eigenvalue weighted by Gasteiger charge is 2.21. The van der Waals surface area contributed by atoms with Gasteiger partial charge in [0.1, 0.15) is 0 Å². The first-order valence-corrected chi connectivity index (χ1v) is 11.5. The van der Waals surface area contributed by atoms with Gasteiger partial charge in [0.05, 0.1) is 6.54 Å². The maximum atomic E-state index is 11.9. The molecule has 0 unspecified atom stereocenters. The first kappa shape index (κ1) is 22.6. The molecule has 3 rings (SSSR count). The van der Waals surface area contributed by atoms with Crippen LogP contribution in [-0.4, -0.2) is 81.1 Å². The highest BCUT2D eigenvalue weighted by atomic mass is 16.2. The van der Waals surface area contributed by atoms with Crippen LogP contribution in [0.4, 0.5) is 5.69 Å². The van der Waals surface area contributed by atoms with Crippen LogP contribution in [0.5, 0.6) is 0 Å². The number of anilines is 1. The monoisotopic (exact) mass is 414 g/mol. The van der Waals surface area contributed by atoms with Gasteiger partial charge in [-0.25, -0.2) is 4.99 Å². The Bertz CT molecular complexity index is 689. The van der Waals surface area contributed by atoms with E-state index < -0.39 is 0 Å². The van der Waals surface area contributed by atoms with Crippen LogP contribution < -0.4 is 15.5 Å². The SMILES string of the molecule is CCNC(=NCc1ccc(N2CCCC2=O)cc1)NCCCN1CCCN(C)CC1. The zero-order valence-corrected chi connectivity index (χ0v) is 18.7. The normalized spacial score (nSPS) is 19.2. The summed E-state index contributed by atoms with van der Waals surface area (Å²) in [6, 6.07) is 8.22. The van der Waals surface area contributed by atoms with Gasteiger partial charge < -0.3 is 25.3 Å². The molecule has 2 fully saturated rings. The minimum absolute atomic E-state index is 0.228. The highest BCUT2D eigenvalue weighted by Crippen LogP contribution is 2.21. The second-order valence-corrected chi connectivity index (χ2v) is 8.29. The summed E-state index contributed by atoms with van der Waals surface area (Å²) >= 11 is 0. The van der Waals surface area contributed by atoms with E-state index in [2.05, 4.69) is 46.5 Å². The van der Waals surface area contributed by atoms with Crippen LogP contribution in [0.1, 0.15) is 38.2 Å². The predicted octanol–water partition coefficient (Wildman–Crippen LogP) is 1.90. The van der Waals surface area contributed by atoms with E-state index in [9.17, 15) is 4.79 Å². The number of nitrogens with one attached hydrogen (secondary N) is 2. The zero-order chi connectivity index (χ0) is 21.2. The average Bonchev–Trinajstić information content (AvgIpc) is 3.07. The molecule has 2 aliphatic heterocycles. The van der Waals surface area contributed by atoms with Crippen LogP contribution in [0.3, 0.4) is 0 Å². The second-order valence-electron chi connectivity index (χ2n) is 8.29. The van der Waals surface area contributed by atoms with Crippen LogP contribution in [0.2, 0.25) is 0 Å². The molecule has 2 heterocycles. The summed E-state index contributed by atoms with van der Waals surface area (Å²) in [7, 11) is 2.21. The fourth-order valence-electron chi connectivity index (χ4n) is 4.05. The Morgan fingerprint density at radius 1 is 1.03 bits per heavy atom. The number of carbonyl (C=O) groups excluding carboxylic acids is 1. The zero-order valence-electron chi connectivity index (χ0n) is 18.7. The molecule has 2 N–H and O–H groups in total. The summed E-state index contributed by atoms with van der Waals surface area (Å²) < 4.78 is 0. The van der Waals surface area contributed by atoms with Crippen molar-refractivity contribution in [3.8, 4) is 0 Å². The molecular formula is C23H38N6O. The summed E-state index contributed by atoms with van der Waals surface area (Å²) in [6.45, 7) is 11.2. The molecule has 166 valence electrons. The molecule has 7 heteroatoms. The van der Waals surface area contributed by atoms with E-state index >= 15 is 0 Å². The van der Waals surface area contributed by atoms with E-state index in [1.54, 1.807) is 0 Å². The Morgan fingerprint density at radius 3 is 2.60 bits per heavy atom. The Kier molecular flexibility index (Phi) is 8.96. The molecule has 1 amide bonds. The molecule has 0 atom stereocenters. The Morgan fingerprint density at radius 2 is 1.87 bits per heavy atom. The number of aliphatic imine (C=N–C) groups is 1. The lowest BCUT2D eigenvalue weighted by Gasteiger charge is -2.20. The number of hydrogen-bond acceptors (Lipinski definition) is 4. The van der Waals surface area contributed by atoms with Crippen LogP contribution >= 0.6 is 0 Å². The maximum Gasteiger partial charge on any atom is 0.227 e. The predicted molar refractivity (Wildman–Crippen MR) is 124 cm³/mol. The van der Waals surface area contributed by atoms with Crippen LogP contribution in [0.15, 0.2) is 29.3 Å². The number of hydrogen-bond donors (Lipinski definition) is 2. The summed E-state index contributed by atoms with van der Waals surface area (Å²) in [5, 5.41) is 6.80. The minimum atomic E-state index is 0.228. The molecule has 2 aliphatic rings. The van der Waals surface area contributed by atoms with Crippen LogP contribution in [0, 0.1) is 0 Å². The molecule has 0 bridgehead atoms. The van der Waals surface area contributed by atoms with Crippen molar-refractivity contribution < 1.29 is 4.79 Å². The van der Waals surface area contributed by atoms with Gasteiger partial charge in [-0.3, -0.25) is 4.79 Å². The topological polar surface area (TPSA) is 63.2 Å². The largest absolute Gasteiger partial charge is 0.357 e. The summed E-state index contributed by atoms with van der Waals surface area (Å²) in [5.41, 5.74) is 2.14. The third kappa shape index (κ3) is 6.99. The third-order valence-electron chi connectivity index (χ3n) is 5.84. The number of guanidine groups is 1. The molecule has 2 saturated heterocycles. The molecule has 0 aliphatic carbocycles. The lowest BCUT2D eigenvalue weighted by atomic mass is 10.2. The summed E-state index contributed by atoms with van der Waals surface area (Å²) in [4.78, 5) is 23.5. The van der Waals surface area contributed by atoms with Gasteiger partial charge in [0.2, 0.25) is 5.91 Å². The van der Waals surface area contributed by atoms with Crippen LogP contribution in [-0.2, 0) is 11.3 Å². The Labute approximate surface area is 181 Å². The van der Waals surface area contributed by atoms with Crippen molar-refractivity contribution >= 4 is 17.6 Å². The number of amides is 1. The third-order valence-corrected chi connectivity index (χ3v) is 5.84. The van der Waals surface area contributed by atoms with Gasteiger partial charge >= 0.3 is 0 Å². The lowest BCUT2D eigenvalue weighted by molar-refractivity contribution is -0.117. The number of carbonyl (C=O) groups is 1. The van der Waals surface area contributed by atoms with Crippen molar-refractivity contribution in [1.82, 2.24) is 20.4 Å². The fourth-order valence-corrected chi connectivity index (χ4v) is 4.05. The van der Waals surface area contributed by atoms with E-state index in [0.29, 0.717) is 13.0 Å². The smallest absolute Gasteiger partial charge is 0.227 e. The van der Waals surface area contributed by atoms with Gasteiger partial charge in [0.25, 0.3) is 0 Å². The van der Waals surface area contributed by atoms with E-state index in [4.69, 9.17) is 4.99 Å². The Hall–Kier alpha value is -2.12. The first-order valence-electron chi connectivity index (χ1n) is 11.5. The lowest BCUT2D eigenvalue weighted by Crippen LogP contribution is -2.39. The van der Waals surface area contributed by atoms with Crippen LogP contribution in [0.25, 0.3) is 0 Å². The van der Waals surface area contributed by atoms with Gasteiger partial charge in [-0.1, -0.05) is 12.1 Å². The first-order chi connectivity index (χ1) is 14.7. The average molecular weight is 415 g/mol. The summed E-state index contributed by atoms with van der Waals surface area (Å²) in [5.74, 6) is 1.10. The molecule has 7 nitrogen and oxygen atoms in total.